The topological polar surface area (TPSA) is 28.2 Å². The summed E-state index contributed by atoms with van der Waals surface area (Å²) >= 11 is -2.34. The second-order valence-electron chi connectivity index (χ2n) is 7.73. The van der Waals surface area contributed by atoms with Crippen LogP contribution < -0.4 is 13.9 Å². The zero-order valence-corrected chi connectivity index (χ0v) is 19.7. The Labute approximate surface area is 159 Å². The van der Waals surface area contributed by atoms with Gasteiger partial charge >= 0.3 is 160 Å². The van der Waals surface area contributed by atoms with Crippen LogP contribution in [-0.2, 0) is 0 Å². The number of hydrogen-bond acceptors (Lipinski definition) is 3. The van der Waals surface area contributed by atoms with Crippen molar-refractivity contribution in [3.8, 4) is 0 Å². The Morgan fingerprint density at radius 1 is 0.920 bits per heavy atom. The number of nitrogens with zero attached hydrogens (tertiary/aromatic N) is 2. The molecule has 1 aromatic heterocycles. The molecule has 1 aliphatic rings. The quantitative estimate of drug-likeness (QED) is 0.500. The van der Waals surface area contributed by atoms with Crippen LogP contribution >= 0.6 is 0 Å². The van der Waals surface area contributed by atoms with Crippen molar-refractivity contribution in [3.05, 3.63) is 18.3 Å². The van der Waals surface area contributed by atoms with Crippen molar-refractivity contribution in [1.29, 1.82) is 0 Å². The van der Waals surface area contributed by atoms with Crippen LogP contribution in [-0.4, -0.2) is 49.5 Å². The van der Waals surface area contributed by atoms with Gasteiger partial charge in [0.1, 0.15) is 0 Å². The van der Waals surface area contributed by atoms with Crippen LogP contribution in [0.1, 0.15) is 59.3 Å². The van der Waals surface area contributed by atoms with Gasteiger partial charge in [-0.15, -0.1) is 0 Å². The summed E-state index contributed by atoms with van der Waals surface area (Å²) in [5.41, 5.74) is 1.33. The molecule has 25 heavy (non-hydrogen) atoms. The first-order valence-corrected chi connectivity index (χ1v) is 18.2. The van der Waals surface area contributed by atoms with Gasteiger partial charge in [-0.2, -0.15) is 0 Å². The van der Waals surface area contributed by atoms with Gasteiger partial charge in [-0.05, 0) is 0 Å². The summed E-state index contributed by atoms with van der Waals surface area (Å²) in [5, 5.41) is 3.44. The van der Waals surface area contributed by atoms with Gasteiger partial charge in [0, 0.05) is 0 Å². The zero-order valence-electron chi connectivity index (χ0n) is 16.8. The minimum absolute atomic E-state index is 1.09. The van der Waals surface area contributed by atoms with E-state index in [2.05, 4.69) is 49.3 Å². The maximum atomic E-state index is 5.12. The van der Waals surface area contributed by atoms with Crippen molar-refractivity contribution in [1.82, 2.24) is 10.3 Å². The van der Waals surface area contributed by atoms with Gasteiger partial charge in [0.05, 0.1) is 0 Å². The van der Waals surface area contributed by atoms with Crippen LogP contribution in [0.3, 0.4) is 0 Å². The van der Waals surface area contributed by atoms with Crippen LogP contribution in [0, 0.1) is 0 Å². The normalized spacial score (nSPS) is 15.6. The van der Waals surface area contributed by atoms with Crippen molar-refractivity contribution in [2.45, 2.75) is 72.6 Å². The number of nitrogens with one attached hydrogen (secondary N) is 1. The van der Waals surface area contributed by atoms with Crippen LogP contribution in [0.15, 0.2) is 18.3 Å². The van der Waals surface area contributed by atoms with Crippen molar-refractivity contribution >= 4 is 27.8 Å². The van der Waals surface area contributed by atoms with E-state index in [0.717, 1.165) is 26.2 Å². The molecule has 0 spiro atoms. The van der Waals surface area contributed by atoms with Crippen LogP contribution in [0.4, 0.5) is 5.69 Å². The molecule has 3 nitrogen and oxygen atoms in total. The summed E-state index contributed by atoms with van der Waals surface area (Å²) in [6.45, 7) is 11.4. The number of rotatable bonds is 11. The van der Waals surface area contributed by atoms with E-state index in [1.54, 1.807) is 3.71 Å². The Morgan fingerprint density at radius 3 is 1.92 bits per heavy atom. The molecule has 0 aliphatic carbocycles. The van der Waals surface area contributed by atoms with Gasteiger partial charge in [0.2, 0.25) is 0 Å². The summed E-state index contributed by atoms with van der Waals surface area (Å²) in [4.78, 5) is 7.60. The average molecular weight is 452 g/mol. The first kappa shape index (κ1) is 21.0. The third-order valence-electron chi connectivity index (χ3n) is 5.80. The number of piperazine rings is 1. The summed E-state index contributed by atoms with van der Waals surface area (Å²) < 4.78 is 6.07. The molecule has 0 radical (unpaired) electrons. The third kappa shape index (κ3) is 6.13. The van der Waals surface area contributed by atoms with Crippen molar-refractivity contribution in [3.63, 3.8) is 0 Å². The predicted molar refractivity (Wildman–Crippen MR) is 114 cm³/mol. The van der Waals surface area contributed by atoms with Crippen molar-refractivity contribution < 1.29 is 0 Å². The van der Waals surface area contributed by atoms with E-state index in [1.807, 2.05) is 0 Å². The molecule has 142 valence electrons. The number of pyridine rings is 1. The standard InChI is InChI=1S/C9H12N3.3C4H9.Sn/c1-2-9(8-11-3-1)12-6-4-10-5-7-12;3*1-3-4-2;/h1-2,8,10H,4-7H2;3*1,3-4H2,2H3;. The Hall–Kier alpha value is -0.291. The SMILES string of the molecule is CCC[CH2][Sn]([CH2]CCC)([CH2]CCC)[c]1ccc(N2CCNCC2)cn1. The Kier molecular flexibility index (Phi) is 9.61. The molecule has 0 saturated carbocycles. The van der Waals surface area contributed by atoms with E-state index in [4.69, 9.17) is 4.98 Å². The fourth-order valence-corrected chi connectivity index (χ4v) is 19.5. The van der Waals surface area contributed by atoms with E-state index in [-0.39, 0.29) is 0 Å². The number of anilines is 1. The zero-order chi connectivity index (χ0) is 18.0. The minimum atomic E-state index is -2.34. The molecule has 0 bridgehead atoms. The molecule has 0 aromatic carbocycles. The van der Waals surface area contributed by atoms with Gasteiger partial charge in [-0.3, -0.25) is 0 Å². The molecule has 1 saturated heterocycles. The molecular weight excluding hydrogens is 413 g/mol. The third-order valence-corrected chi connectivity index (χ3v) is 21.0. The Morgan fingerprint density at radius 2 is 1.48 bits per heavy atom. The molecule has 0 unspecified atom stereocenters. The van der Waals surface area contributed by atoms with Gasteiger partial charge in [0.25, 0.3) is 0 Å². The number of aromatic nitrogens is 1. The first-order chi connectivity index (χ1) is 12.3. The summed E-state index contributed by atoms with van der Waals surface area (Å²) in [6, 6.07) is 4.82. The van der Waals surface area contributed by atoms with Crippen LogP contribution in [0.25, 0.3) is 0 Å². The Bertz CT molecular complexity index is 447. The molecule has 2 heterocycles. The molecular formula is C21H39N3Sn. The van der Waals surface area contributed by atoms with Gasteiger partial charge < -0.3 is 0 Å². The van der Waals surface area contributed by atoms with Gasteiger partial charge in [0.15, 0.2) is 0 Å². The maximum absolute atomic E-state index is 5.12. The molecule has 1 fully saturated rings. The van der Waals surface area contributed by atoms with Gasteiger partial charge in [-0.1, -0.05) is 0 Å². The summed E-state index contributed by atoms with van der Waals surface area (Å²) in [6.07, 6.45) is 10.4. The first-order valence-electron chi connectivity index (χ1n) is 10.7. The fraction of sp³-hybridized carbons (Fsp3) is 0.762. The van der Waals surface area contributed by atoms with E-state index in [1.165, 1.54) is 57.5 Å². The van der Waals surface area contributed by atoms with Crippen molar-refractivity contribution in [2.24, 2.45) is 0 Å². The molecule has 2 rings (SSSR count). The fourth-order valence-electron chi connectivity index (χ4n) is 4.11. The summed E-state index contributed by atoms with van der Waals surface area (Å²) in [7, 11) is 0. The molecule has 4 heteroatoms. The second-order valence-corrected chi connectivity index (χ2v) is 20.8. The molecule has 1 aromatic rings. The molecule has 1 N–H and O–H groups in total. The van der Waals surface area contributed by atoms with Gasteiger partial charge in [-0.25, -0.2) is 0 Å². The second kappa shape index (κ2) is 11.4. The molecule has 1 aliphatic heterocycles. The number of unbranched alkanes of at least 4 members (excludes halogenated alkanes) is 3. The van der Waals surface area contributed by atoms with E-state index in [9.17, 15) is 0 Å². The van der Waals surface area contributed by atoms with Crippen LogP contribution in [0.5, 0.6) is 0 Å². The molecule has 0 amide bonds. The molecule has 0 atom stereocenters. The average Bonchev–Trinajstić information content (AvgIpc) is 2.68. The number of hydrogen-bond donors (Lipinski definition) is 1. The predicted octanol–water partition coefficient (Wildman–Crippen LogP) is 4.55. The summed E-state index contributed by atoms with van der Waals surface area (Å²) in [5.74, 6) is 0. The van der Waals surface area contributed by atoms with E-state index < -0.39 is 18.4 Å². The van der Waals surface area contributed by atoms with Crippen molar-refractivity contribution in [2.75, 3.05) is 31.1 Å². The van der Waals surface area contributed by atoms with Crippen LogP contribution in [0.2, 0.25) is 13.3 Å². The van der Waals surface area contributed by atoms with E-state index >= 15 is 0 Å². The van der Waals surface area contributed by atoms with E-state index in [0.29, 0.717) is 0 Å². The Balaban J connectivity index is 2.20. The monoisotopic (exact) mass is 453 g/mol.